The molecule has 0 bridgehead atoms. The quantitative estimate of drug-likeness (QED) is 0.579. The monoisotopic (exact) mass is 283 g/mol. The fourth-order valence-corrected chi connectivity index (χ4v) is 2.07. The van der Waals surface area contributed by atoms with Crippen molar-refractivity contribution in [2.45, 2.75) is 4.90 Å². The van der Waals surface area contributed by atoms with Gasteiger partial charge in [-0.15, -0.1) is 11.8 Å². The first kappa shape index (κ1) is 14.4. The van der Waals surface area contributed by atoms with Gasteiger partial charge in [-0.3, -0.25) is 4.99 Å². The summed E-state index contributed by atoms with van der Waals surface area (Å²) in [6.45, 7) is 0. The smallest absolute Gasteiger partial charge is 0.118 e. The molecule has 2 aromatic carbocycles. The standard InChI is InChI=1S/C17H17NOS/c1-19-16-9-5-14(6-10-16)4-3-13-18-15-7-11-17(20-2)12-8-15/h3-13H,1-2H3/b4-3+,18-13?. The van der Waals surface area contributed by atoms with Crippen LogP contribution in [0.25, 0.3) is 6.08 Å². The predicted octanol–water partition coefficient (Wildman–Crippen LogP) is 4.83. The Hall–Kier alpha value is -2.00. The van der Waals surface area contributed by atoms with Gasteiger partial charge in [-0.05, 0) is 54.3 Å². The van der Waals surface area contributed by atoms with E-state index < -0.39 is 0 Å². The lowest BCUT2D eigenvalue weighted by atomic mass is 10.2. The zero-order valence-electron chi connectivity index (χ0n) is 11.6. The highest BCUT2D eigenvalue weighted by Gasteiger charge is 1.90. The average Bonchev–Trinajstić information content (AvgIpc) is 2.53. The Bertz CT molecular complexity index is 530. The van der Waals surface area contributed by atoms with Crippen LogP contribution < -0.4 is 4.74 Å². The first-order valence-electron chi connectivity index (χ1n) is 6.30. The van der Waals surface area contributed by atoms with E-state index in [1.807, 2.05) is 48.6 Å². The Morgan fingerprint density at radius 1 is 1.00 bits per heavy atom. The maximum Gasteiger partial charge on any atom is 0.118 e. The van der Waals surface area contributed by atoms with E-state index in [1.54, 1.807) is 25.1 Å². The van der Waals surface area contributed by atoms with Crippen molar-refractivity contribution in [3.05, 3.63) is 60.2 Å². The van der Waals surface area contributed by atoms with Gasteiger partial charge >= 0.3 is 0 Å². The van der Waals surface area contributed by atoms with E-state index in [9.17, 15) is 0 Å². The molecule has 102 valence electrons. The van der Waals surface area contributed by atoms with E-state index in [0.717, 1.165) is 17.0 Å². The Kier molecular flexibility index (Phi) is 5.44. The van der Waals surface area contributed by atoms with Crippen molar-refractivity contribution in [2.24, 2.45) is 4.99 Å². The van der Waals surface area contributed by atoms with Crippen molar-refractivity contribution < 1.29 is 4.74 Å². The van der Waals surface area contributed by atoms with E-state index in [0.29, 0.717) is 0 Å². The summed E-state index contributed by atoms with van der Waals surface area (Å²) in [5.74, 6) is 0.865. The highest BCUT2D eigenvalue weighted by atomic mass is 32.2. The molecule has 0 unspecified atom stereocenters. The lowest BCUT2D eigenvalue weighted by Gasteiger charge is -1.98. The molecule has 3 heteroatoms. The summed E-state index contributed by atoms with van der Waals surface area (Å²) in [6.07, 6.45) is 7.82. The van der Waals surface area contributed by atoms with Crippen LogP contribution in [0.4, 0.5) is 5.69 Å². The topological polar surface area (TPSA) is 21.6 Å². The van der Waals surface area contributed by atoms with Crippen molar-refractivity contribution in [1.29, 1.82) is 0 Å². The van der Waals surface area contributed by atoms with E-state index in [-0.39, 0.29) is 0 Å². The molecule has 0 N–H and O–H groups in total. The first-order valence-corrected chi connectivity index (χ1v) is 7.53. The molecular weight excluding hydrogens is 266 g/mol. The van der Waals surface area contributed by atoms with Crippen LogP contribution in [-0.2, 0) is 0 Å². The maximum atomic E-state index is 5.12. The molecule has 0 heterocycles. The fraction of sp³-hybridized carbons (Fsp3) is 0.118. The van der Waals surface area contributed by atoms with Crippen molar-refractivity contribution >= 4 is 29.7 Å². The third kappa shape index (κ3) is 4.28. The molecular formula is C17H17NOS. The minimum atomic E-state index is 0.865. The Labute approximate surface area is 124 Å². The highest BCUT2D eigenvalue weighted by Crippen LogP contribution is 2.19. The van der Waals surface area contributed by atoms with Crippen molar-refractivity contribution in [2.75, 3.05) is 13.4 Å². The summed E-state index contributed by atoms with van der Waals surface area (Å²) in [5, 5.41) is 0. The molecule has 0 radical (unpaired) electrons. The SMILES string of the molecule is COc1ccc(/C=C/C=Nc2ccc(SC)cc2)cc1. The van der Waals surface area contributed by atoms with Crippen LogP contribution >= 0.6 is 11.8 Å². The second kappa shape index (κ2) is 7.56. The number of allylic oxidation sites excluding steroid dienone is 1. The fourth-order valence-electron chi connectivity index (χ4n) is 1.67. The summed E-state index contributed by atoms with van der Waals surface area (Å²) in [5.41, 5.74) is 2.08. The van der Waals surface area contributed by atoms with Gasteiger partial charge in [-0.1, -0.05) is 18.2 Å². The lowest BCUT2D eigenvalue weighted by Crippen LogP contribution is -1.81. The first-order chi connectivity index (χ1) is 9.81. The number of ether oxygens (including phenoxy) is 1. The third-order valence-corrected chi connectivity index (χ3v) is 3.53. The van der Waals surface area contributed by atoms with Crippen LogP contribution in [0.3, 0.4) is 0 Å². The largest absolute Gasteiger partial charge is 0.497 e. The molecule has 0 saturated carbocycles. The second-order valence-electron chi connectivity index (χ2n) is 4.11. The van der Waals surface area contributed by atoms with Gasteiger partial charge in [0.25, 0.3) is 0 Å². The molecule has 0 aromatic heterocycles. The third-order valence-electron chi connectivity index (χ3n) is 2.79. The zero-order chi connectivity index (χ0) is 14.2. The second-order valence-corrected chi connectivity index (χ2v) is 4.99. The molecule has 0 atom stereocenters. The molecule has 0 aliphatic carbocycles. The molecule has 0 aliphatic rings. The Balaban J connectivity index is 1.95. The van der Waals surface area contributed by atoms with Gasteiger partial charge in [-0.2, -0.15) is 0 Å². The predicted molar refractivity (Wildman–Crippen MR) is 88.4 cm³/mol. The minimum Gasteiger partial charge on any atom is -0.497 e. The van der Waals surface area contributed by atoms with Gasteiger partial charge in [-0.25, -0.2) is 0 Å². The Morgan fingerprint density at radius 3 is 2.30 bits per heavy atom. The number of hydrogen-bond acceptors (Lipinski definition) is 3. The lowest BCUT2D eigenvalue weighted by molar-refractivity contribution is 0.415. The van der Waals surface area contributed by atoms with Gasteiger partial charge in [0.15, 0.2) is 0 Å². The van der Waals surface area contributed by atoms with Gasteiger partial charge in [0.05, 0.1) is 12.8 Å². The number of aliphatic imine (C=N–C) groups is 1. The van der Waals surface area contributed by atoms with Crippen molar-refractivity contribution in [1.82, 2.24) is 0 Å². The number of rotatable bonds is 5. The zero-order valence-corrected chi connectivity index (χ0v) is 12.4. The van der Waals surface area contributed by atoms with Crippen molar-refractivity contribution in [3.63, 3.8) is 0 Å². The normalized spacial score (nSPS) is 11.3. The van der Waals surface area contributed by atoms with Crippen LogP contribution in [0.2, 0.25) is 0 Å². The van der Waals surface area contributed by atoms with Crippen LogP contribution in [0, 0.1) is 0 Å². The molecule has 0 amide bonds. The summed E-state index contributed by atoms with van der Waals surface area (Å²) >= 11 is 1.73. The number of benzene rings is 2. The highest BCUT2D eigenvalue weighted by molar-refractivity contribution is 7.98. The molecule has 20 heavy (non-hydrogen) atoms. The summed E-state index contributed by atoms with van der Waals surface area (Å²) in [4.78, 5) is 5.63. The molecule has 0 fully saturated rings. The van der Waals surface area contributed by atoms with Gasteiger partial charge in [0, 0.05) is 11.1 Å². The van der Waals surface area contributed by atoms with Gasteiger partial charge in [0.1, 0.15) is 5.75 Å². The van der Waals surface area contributed by atoms with Gasteiger partial charge < -0.3 is 4.74 Å². The minimum absolute atomic E-state index is 0.865. The summed E-state index contributed by atoms with van der Waals surface area (Å²) < 4.78 is 5.12. The Morgan fingerprint density at radius 2 is 1.70 bits per heavy atom. The van der Waals surface area contributed by atoms with Crippen molar-refractivity contribution in [3.8, 4) is 5.75 Å². The molecule has 2 aromatic rings. The summed E-state index contributed by atoms with van der Waals surface area (Å²) in [7, 11) is 1.67. The van der Waals surface area contributed by atoms with E-state index in [2.05, 4.69) is 23.4 Å². The molecule has 0 aliphatic heterocycles. The molecule has 2 nitrogen and oxygen atoms in total. The van der Waals surface area contributed by atoms with Gasteiger partial charge in [0.2, 0.25) is 0 Å². The van der Waals surface area contributed by atoms with Crippen LogP contribution in [0.5, 0.6) is 5.75 Å². The van der Waals surface area contributed by atoms with Crippen LogP contribution in [0.15, 0.2) is 64.5 Å². The maximum absolute atomic E-state index is 5.12. The van der Waals surface area contributed by atoms with E-state index in [1.165, 1.54) is 4.90 Å². The molecule has 2 rings (SSSR count). The average molecular weight is 283 g/mol. The van der Waals surface area contributed by atoms with E-state index in [4.69, 9.17) is 4.74 Å². The molecule has 0 spiro atoms. The number of methoxy groups -OCH3 is 1. The number of nitrogens with zero attached hydrogens (tertiary/aromatic N) is 1. The van der Waals surface area contributed by atoms with Crippen LogP contribution in [-0.4, -0.2) is 19.6 Å². The summed E-state index contributed by atoms with van der Waals surface area (Å²) in [6, 6.07) is 16.1. The number of hydrogen-bond donors (Lipinski definition) is 0. The van der Waals surface area contributed by atoms with E-state index >= 15 is 0 Å². The van der Waals surface area contributed by atoms with Crippen LogP contribution in [0.1, 0.15) is 5.56 Å². The molecule has 0 saturated heterocycles. The number of thioether (sulfide) groups is 1.